The van der Waals surface area contributed by atoms with Crippen LogP contribution in [0.3, 0.4) is 0 Å². The number of rotatable bonds is 11. The van der Waals surface area contributed by atoms with Crippen LogP contribution in [0, 0.1) is 16.0 Å². The number of hydrogen-bond donors (Lipinski definition) is 3. The topological polar surface area (TPSA) is 144 Å². The van der Waals surface area contributed by atoms with Gasteiger partial charge in [0, 0.05) is 23.9 Å². The quantitative estimate of drug-likeness (QED) is 0.189. The number of phenols is 1. The number of benzene rings is 1. The molecule has 1 atom stereocenters. The Hall–Kier alpha value is -2.99. The molecule has 2 amide bonds. The van der Waals surface area contributed by atoms with Crippen molar-refractivity contribution in [3.63, 3.8) is 0 Å². The third-order valence-electron chi connectivity index (χ3n) is 4.26. The summed E-state index contributed by atoms with van der Waals surface area (Å²) in [7, 11) is 2.39. The van der Waals surface area contributed by atoms with Crippen LogP contribution >= 0.6 is 21.6 Å². The van der Waals surface area contributed by atoms with E-state index in [9.17, 15) is 24.8 Å². The van der Waals surface area contributed by atoms with Crippen molar-refractivity contribution < 1.29 is 24.4 Å². The number of nitro groups is 1. The highest BCUT2D eigenvalue weighted by Crippen LogP contribution is 2.35. The Morgan fingerprint density at radius 3 is 2.72 bits per heavy atom. The Morgan fingerprint density at radius 1 is 1.25 bits per heavy atom. The summed E-state index contributed by atoms with van der Waals surface area (Å²) >= 11 is 0. The number of hydrogen-bond acceptors (Lipinski definition) is 9. The first-order chi connectivity index (χ1) is 15.4. The van der Waals surface area contributed by atoms with E-state index < -0.39 is 11.0 Å². The average Bonchev–Trinajstić information content (AvgIpc) is 2.78. The highest BCUT2D eigenvalue weighted by molar-refractivity contribution is 8.76. The molecule has 1 aromatic carbocycles. The van der Waals surface area contributed by atoms with Gasteiger partial charge in [-0.05, 0) is 53.8 Å². The average molecular weight is 481 g/mol. The van der Waals surface area contributed by atoms with E-state index in [0.717, 1.165) is 29.2 Å². The number of aromatic nitrogens is 1. The number of aromatic hydroxyl groups is 1. The van der Waals surface area contributed by atoms with Crippen molar-refractivity contribution in [2.75, 3.05) is 12.4 Å². The van der Waals surface area contributed by atoms with Crippen LogP contribution in [0.2, 0.25) is 0 Å². The molecule has 2 aromatic rings. The monoisotopic (exact) mass is 480 g/mol. The fourth-order valence-electron chi connectivity index (χ4n) is 2.53. The second-order valence-corrected chi connectivity index (χ2v) is 9.10. The number of nitrogens with zero attached hydrogens (tertiary/aromatic N) is 2. The first-order valence-corrected chi connectivity index (χ1v) is 12.1. The summed E-state index contributed by atoms with van der Waals surface area (Å²) in [6, 6.07) is 9.79. The molecule has 0 aliphatic rings. The Kier molecular flexibility index (Phi) is 10.6. The van der Waals surface area contributed by atoms with Crippen LogP contribution in [-0.4, -0.2) is 39.4 Å². The van der Waals surface area contributed by atoms with Gasteiger partial charge in [0.05, 0.1) is 4.92 Å². The van der Waals surface area contributed by atoms with Crippen molar-refractivity contribution in [1.82, 2.24) is 15.8 Å². The Balaban J connectivity index is 1.56. The SMILES string of the molecule is C[C@@H](CCCc1ccc(O)cc1)C(=O)NNC(=O)OCCSSc1ncccc1[N+](=O)[O-]. The van der Waals surface area contributed by atoms with Gasteiger partial charge < -0.3 is 9.84 Å². The van der Waals surface area contributed by atoms with Gasteiger partial charge in [-0.25, -0.2) is 15.2 Å². The number of amides is 2. The predicted octanol–water partition coefficient (Wildman–Crippen LogP) is 3.85. The number of ether oxygens (including phenoxy) is 1. The molecule has 2 rings (SSSR count). The van der Waals surface area contributed by atoms with Gasteiger partial charge >= 0.3 is 11.8 Å². The first kappa shape index (κ1) is 25.3. The fourth-order valence-corrected chi connectivity index (χ4v) is 4.38. The molecule has 0 saturated heterocycles. The van der Waals surface area contributed by atoms with Gasteiger partial charge in [0.2, 0.25) is 5.91 Å². The lowest BCUT2D eigenvalue weighted by molar-refractivity contribution is -0.388. The lowest BCUT2D eigenvalue weighted by Gasteiger charge is -2.13. The van der Waals surface area contributed by atoms with Gasteiger partial charge in [-0.1, -0.05) is 29.9 Å². The van der Waals surface area contributed by atoms with E-state index in [1.54, 1.807) is 19.1 Å². The summed E-state index contributed by atoms with van der Waals surface area (Å²) in [5.74, 6) is -0.0180. The standard InChI is InChI=1S/C20H24N4O6S2/c1-14(4-2-5-15-7-9-16(25)10-8-15)18(26)22-23-20(27)30-12-13-31-32-19-17(24(28)29)6-3-11-21-19/h3,6-11,14,25H,2,4-5,12-13H2,1H3,(H,22,26)(H,23,27)/t14-/m0/s1. The smallest absolute Gasteiger partial charge is 0.426 e. The van der Waals surface area contributed by atoms with Crippen LogP contribution in [0.4, 0.5) is 10.5 Å². The van der Waals surface area contributed by atoms with Gasteiger partial charge in [-0.3, -0.25) is 20.3 Å². The molecule has 12 heteroatoms. The number of nitrogens with one attached hydrogen (secondary N) is 2. The van der Waals surface area contributed by atoms with Gasteiger partial charge in [0.15, 0.2) is 5.03 Å². The van der Waals surface area contributed by atoms with Gasteiger partial charge in [0.1, 0.15) is 12.4 Å². The van der Waals surface area contributed by atoms with E-state index in [1.165, 1.54) is 29.1 Å². The second-order valence-electron chi connectivity index (χ2n) is 6.70. The number of hydrazine groups is 1. The maximum absolute atomic E-state index is 12.1. The minimum Gasteiger partial charge on any atom is -0.508 e. The molecule has 32 heavy (non-hydrogen) atoms. The van der Waals surface area contributed by atoms with Crippen LogP contribution < -0.4 is 10.9 Å². The normalized spacial score (nSPS) is 11.4. The Labute approximate surface area is 193 Å². The van der Waals surface area contributed by atoms with Crippen molar-refractivity contribution in [3.05, 3.63) is 58.3 Å². The lowest BCUT2D eigenvalue weighted by atomic mass is 10.0. The summed E-state index contributed by atoms with van der Waals surface area (Å²) < 4.78 is 4.96. The van der Waals surface area contributed by atoms with Crippen molar-refractivity contribution in [2.45, 2.75) is 31.2 Å². The third kappa shape index (κ3) is 9.02. The third-order valence-corrected chi connectivity index (χ3v) is 6.51. The number of phenolic OH excluding ortho intramolecular Hbond substituents is 1. The van der Waals surface area contributed by atoms with Crippen molar-refractivity contribution in [2.24, 2.45) is 5.92 Å². The zero-order chi connectivity index (χ0) is 23.3. The molecular weight excluding hydrogens is 456 g/mol. The Bertz CT molecular complexity index is 913. The molecule has 0 radical (unpaired) electrons. The van der Waals surface area contributed by atoms with Gasteiger partial charge in [0.25, 0.3) is 0 Å². The van der Waals surface area contributed by atoms with Crippen molar-refractivity contribution >= 4 is 39.3 Å². The fraction of sp³-hybridized carbons (Fsp3) is 0.350. The van der Waals surface area contributed by atoms with Crippen LogP contribution in [0.25, 0.3) is 0 Å². The predicted molar refractivity (Wildman–Crippen MR) is 122 cm³/mol. The Morgan fingerprint density at radius 2 is 2.00 bits per heavy atom. The summed E-state index contributed by atoms with van der Waals surface area (Å²) in [5.41, 5.74) is 5.53. The largest absolute Gasteiger partial charge is 0.508 e. The number of pyridine rings is 1. The maximum Gasteiger partial charge on any atom is 0.426 e. The number of carbonyl (C=O) groups excluding carboxylic acids is 2. The molecule has 0 fully saturated rings. The molecule has 0 bridgehead atoms. The van der Waals surface area contributed by atoms with E-state index in [0.29, 0.717) is 12.2 Å². The summed E-state index contributed by atoms with van der Waals surface area (Å²) in [6.07, 6.45) is 2.88. The highest BCUT2D eigenvalue weighted by atomic mass is 33.1. The van der Waals surface area contributed by atoms with Crippen molar-refractivity contribution in [1.29, 1.82) is 0 Å². The number of aryl methyl sites for hydroxylation is 1. The summed E-state index contributed by atoms with van der Waals surface area (Å²) in [4.78, 5) is 38.1. The summed E-state index contributed by atoms with van der Waals surface area (Å²) in [6.45, 7) is 1.83. The molecule has 10 nitrogen and oxygen atoms in total. The molecule has 0 aliphatic heterocycles. The summed E-state index contributed by atoms with van der Waals surface area (Å²) in [5, 5.41) is 20.5. The molecule has 3 N–H and O–H groups in total. The van der Waals surface area contributed by atoms with E-state index >= 15 is 0 Å². The van der Waals surface area contributed by atoms with E-state index in [2.05, 4.69) is 15.8 Å². The van der Waals surface area contributed by atoms with Crippen LogP contribution in [0.5, 0.6) is 5.75 Å². The molecule has 0 aliphatic carbocycles. The molecular formula is C20H24N4O6S2. The molecule has 1 heterocycles. The molecule has 0 unspecified atom stereocenters. The van der Waals surface area contributed by atoms with Crippen LogP contribution in [0.1, 0.15) is 25.3 Å². The molecule has 172 valence electrons. The minimum atomic E-state index is -0.788. The van der Waals surface area contributed by atoms with Crippen LogP contribution in [-0.2, 0) is 16.0 Å². The molecule has 1 aromatic heterocycles. The van der Waals surface area contributed by atoms with Crippen molar-refractivity contribution in [3.8, 4) is 5.75 Å². The molecule has 0 saturated carbocycles. The lowest BCUT2D eigenvalue weighted by Crippen LogP contribution is -2.44. The first-order valence-electron chi connectivity index (χ1n) is 9.76. The maximum atomic E-state index is 12.1. The zero-order valence-electron chi connectivity index (χ0n) is 17.4. The zero-order valence-corrected chi connectivity index (χ0v) is 19.0. The van der Waals surface area contributed by atoms with E-state index in [1.807, 2.05) is 12.1 Å². The number of carbonyl (C=O) groups is 2. The van der Waals surface area contributed by atoms with Crippen LogP contribution in [0.15, 0.2) is 47.6 Å². The van der Waals surface area contributed by atoms with Gasteiger partial charge in [-0.2, -0.15) is 0 Å². The minimum absolute atomic E-state index is 0.0577. The highest BCUT2D eigenvalue weighted by Gasteiger charge is 2.15. The van der Waals surface area contributed by atoms with E-state index in [-0.39, 0.29) is 34.9 Å². The molecule has 0 spiro atoms. The second kappa shape index (κ2) is 13.4. The van der Waals surface area contributed by atoms with Gasteiger partial charge in [-0.15, -0.1) is 0 Å². The van der Waals surface area contributed by atoms with E-state index in [4.69, 9.17) is 4.74 Å².